The molecule has 4 aromatic rings. The van der Waals surface area contributed by atoms with E-state index in [1.165, 1.54) is 18.5 Å². The van der Waals surface area contributed by atoms with E-state index in [2.05, 4.69) is 30.6 Å². The summed E-state index contributed by atoms with van der Waals surface area (Å²) in [6, 6.07) is 3.95. The molecule has 0 aliphatic rings. The number of hydrogen-bond donors (Lipinski definition) is 3. The zero-order valence-electron chi connectivity index (χ0n) is 17.4. The summed E-state index contributed by atoms with van der Waals surface area (Å²) in [6.07, 6.45) is -1.18. The van der Waals surface area contributed by atoms with Crippen molar-refractivity contribution in [3.05, 3.63) is 65.0 Å². The van der Waals surface area contributed by atoms with Crippen LogP contribution in [0.25, 0.3) is 11.5 Å². The van der Waals surface area contributed by atoms with Gasteiger partial charge in [0.15, 0.2) is 11.5 Å². The molecule has 0 fully saturated rings. The number of hydrogen-bond acceptors (Lipinski definition) is 8. The topological polar surface area (TPSA) is 177 Å². The van der Waals surface area contributed by atoms with Gasteiger partial charge in [-0.05, 0) is 6.07 Å². The van der Waals surface area contributed by atoms with Crippen LogP contribution in [0.2, 0.25) is 5.02 Å². The van der Waals surface area contributed by atoms with Gasteiger partial charge in [-0.2, -0.15) is 33.7 Å². The van der Waals surface area contributed by atoms with E-state index in [1.807, 2.05) is 11.4 Å². The van der Waals surface area contributed by atoms with Gasteiger partial charge in [0.05, 0.1) is 52.9 Å². The van der Waals surface area contributed by atoms with Gasteiger partial charge in [0.25, 0.3) is 5.91 Å². The summed E-state index contributed by atoms with van der Waals surface area (Å²) in [5.74, 6) is -1.49. The third-order valence-corrected chi connectivity index (χ3v) is 4.73. The fourth-order valence-corrected chi connectivity index (χ4v) is 3.21. The highest BCUT2D eigenvalue weighted by atomic mass is 35.5. The summed E-state index contributed by atoms with van der Waals surface area (Å²) in [5, 5.41) is 33.4. The Kier molecular flexibility index (Phi) is 6.23. The monoisotopic (exact) mass is 518 g/mol. The summed E-state index contributed by atoms with van der Waals surface area (Å²) in [7, 11) is 0. The van der Waals surface area contributed by atoms with Gasteiger partial charge in [0, 0.05) is 6.07 Å². The summed E-state index contributed by atoms with van der Waals surface area (Å²) >= 11 is 5.98. The number of nitrogens with one attached hydrogen (secondary N) is 2. The summed E-state index contributed by atoms with van der Waals surface area (Å²) in [5.41, 5.74) is -2.88. The predicted molar refractivity (Wildman–Crippen MR) is 115 cm³/mol. The molecule has 4 rings (SSSR count). The molecule has 0 bridgehead atoms. The Morgan fingerprint density at radius 2 is 1.78 bits per heavy atom. The quantitative estimate of drug-likeness (QED) is 0.358. The second-order valence-electron chi connectivity index (χ2n) is 6.75. The Labute approximate surface area is 202 Å². The number of carbonyl (C=O) groups excluding carboxylic acids is 1. The lowest BCUT2D eigenvalue weighted by molar-refractivity contribution is -0.143. The number of aromatic nitrogens is 7. The molecule has 4 aromatic heterocycles. The van der Waals surface area contributed by atoms with Crippen molar-refractivity contribution < 1.29 is 27.9 Å². The van der Waals surface area contributed by atoms with Gasteiger partial charge in [-0.3, -0.25) is 10.1 Å². The molecule has 0 aliphatic carbocycles. The van der Waals surface area contributed by atoms with Gasteiger partial charge in [-0.1, -0.05) is 11.6 Å². The molecule has 0 aromatic carbocycles. The first-order valence-electron chi connectivity index (χ1n) is 9.47. The van der Waals surface area contributed by atoms with E-state index in [9.17, 15) is 28.0 Å². The molecule has 0 saturated heterocycles. The fraction of sp³-hybridized carbons (Fsp3) is 0.0526. The van der Waals surface area contributed by atoms with Gasteiger partial charge in [-0.25, -0.2) is 19.4 Å². The molecule has 0 spiro atoms. The molecule has 182 valence electrons. The van der Waals surface area contributed by atoms with Gasteiger partial charge in [0.1, 0.15) is 17.5 Å². The SMILES string of the molecule is N#Cc1cc(NC(=O)c2cnn(-c3cc(NC(=O)O)ncc3Cl)c2C(F)(F)F)cnc1-n1nccn1. The fourth-order valence-electron chi connectivity index (χ4n) is 3.03. The lowest BCUT2D eigenvalue weighted by atomic mass is 10.2. The van der Waals surface area contributed by atoms with Gasteiger partial charge < -0.3 is 10.4 Å². The highest BCUT2D eigenvalue weighted by Crippen LogP contribution is 2.36. The Hall–Kier alpha value is -5.04. The Bertz CT molecular complexity index is 1510. The van der Waals surface area contributed by atoms with Crippen molar-refractivity contribution in [3.8, 4) is 17.6 Å². The van der Waals surface area contributed by atoms with E-state index in [1.54, 1.807) is 0 Å². The van der Waals surface area contributed by atoms with E-state index in [4.69, 9.17) is 16.7 Å². The number of halogens is 4. The zero-order valence-corrected chi connectivity index (χ0v) is 18.2. The average molecular weight is 519 g/mol. The minimum atomic E-state index is -5.08. The molecule has 2 amide bonds. The Morgan fingerprint density at radius 3 is 2.42 bits per heavy atom. The third kappa shape index (κ3) is 4.76. The van der Waals surface area contributed by atoms with Crippen LogP contribution in [0.15, 0.2) is 43.1 Å². The van der Waals surface area contributed by atoms with Crippen LogP contribution in [0.5, 0.6) is 0 Å². The maximum atomic E-state index is 14.0. The van der Waals surface area contributed by atoms with Crippen molar-refractivity contribution in [2.75, 3.05) is 10.6 Å². The maximum Gasteiger partial charge on any atom is 0.434 e. The van der Waals surface area contributed by atoms with Crippen LogP contribution in [-0.2, 0) is 6.18 Å². The van der Waals surface area contributed by atoms with Crippen LogP contribution >= 0.6 is 11.6 Å². The lowest BCUT2D eigenvalue weighted by Gasteiger charge is -2.14. The maximum absolute atomic E-state index is 14.0. The first kappa shape index (κ1) is 24.1. The summed E-state index contributed by atoms with van der Waals surface area (Å²) < 4.78 is 42.4. The lowest BCUT2D eigenvalue weighted by Crippen LogP contribution is -2.21. The Morgan fingerprint density at radius 1 is 1.06 bits per heavy atom. The highest BCUT2D eigenvalue weighted by Gasteiger charge is 2.41. The number of carboxylic acid groups (broad SMARTS) is 1. The van der Waals surface area contributed by atoms with Crippen molar-refractivity contribution in [1.29, 1.82) is 5.26 Å². The van der Waals surface area contributed by atoms with Crippen molar-refractivity contribution in [3.63, 3.8) is 0 Å². The molecule has 0 saturated carbocycles. The number of nitrogens with zero attached hydrogens (tertiary/aromatic N) is 8. The molecule has 0 radical (unpaired) electrons. The molecule has 36 heavy (non-hydrogen) atoms. The number of carbonyl (C=O) groups is 2. The molecule has 13 nitrogen and oxygen atoms in total. The number of alkyl halides is 3. The molecule has 3 N–H and O–H groups in total. The smallest absolute Gasteiger partial charge is 0.434 e. The zero-order chi connectivity index (χ0) is 26.0. The second kappa shape index (κ2) is 9.31. The minimum Gasteiger partial charge on any atom is -0.465 e. The predicted octanol–water partition coefficient (Wildman–Crippen LogP) is 3.13. The summed E-state index contributed by atoms with van der Waals surface area (Å²) in [6.45, 7) is 0. The Balaban J connectivity index is 1.71. The number of pyridine rings is 2. The molecule has 0 unspecified atom stereocenters. The molecular formula is C19H10ClF3N10O3. The molecule has 17 heteroatoms. The molecular weight excluding hydrogens is 509 g/mol. The van der Waals surface area contributed by atoms with Crippen LogP contribution in [0.3, 0.4) is 0 Å². The van der Waals surface area contributed by atoms with E-state index in [-0.39, 0.29) is 33.6 Å². The van der Waals surface area contributed by atoms with E-state index in [0.29, 0.717) is 10.9 Å². The van der Waals surface area contributed by atoms with Crippen molar-refractivity contribution in [1.82, 2.24) is 34.7 Å². The van der Waals surface area contributed by atoms with Crippen molar-refractivity contribution in [2.24, 2.45) is 0 Å². The highest BCUT2D eigenvalue weighted by molar-refractivity contribution is 6.32. The standard InChI is InChI=1S/C19H10ClF3N10O3/c20-12-8-25-14(31-18(35)36)4-13(12)32-15(19(21,22)23)11(7-29-32)17(34)30-10-3-9(5-24)16(26-6-10)33-27-1-2-28-33/h1-4,6-8H,(H,25,31)(H,30,34)(H,35,36). The van der Waals surface area contributed by atoms with Crippen LogP contribution in [0, 0.1) is 11.3 Å². The number of anilines is 2. The first-order chi connectivity index (χ1) is 17.1. The van der Waals surface area contributed by atoms with Gasteiger partial charge >= 0.3 is 12.3 Å². The van der Waals surface area contributed by atoms with Crippen LogP contribution in [-0.4, -0.2) is 51.8 Å². The van der Waals surface area contributed by atoms with Gasteiger partial charge in [-0.15, -0.1) is 4.80 Å². The van der Waals surface area contributed by atoms with E-state index < -0.39 is 29.4 Å². The van der Waals surface area contributed by atoms with Crippen LogP contribution in [0.1, 0.15) is 21.6 Å². The summed E-state index contributed by atoms with van der Waals surface area (Å²) in [4.78, 5) is 32.4. The van der Waals surface area contributed by atoms with E-state index >= 15 is 0 Å². The molecule has 0 atom stereocenters. The minimum absolute atomic E-state index is 0.0439. The third-order valence-electron chi connectivity index (χ3n) is 4.43. The molecule has 4 heterocycles. The number of nitriles is 1. The first-order valence-corrected chi connectivity index (χ1v) is 9.85. The van der Waals surface area contributed by atoms with E-state index in [0.717, 1.165) is 23.3 Å². The van der Waals surface area contributed by atoms with Gasteiger partial charge in [0.2, 0.25) is 0 Å². The second-order valence-corrected chi connectivity index (χ2v) is 7.15. The van der Waals surface area contributed by atoms with Crippen LogP contribution < -0.4 is 10.6 Å². The van der Waals surface area contributed by atoms with Crippen molar-refractivity contribution in [2.45, 2.75) is 6.18 Å². The largest absolute Gasteiger partial charge is 0.465 e. The normalized spacial score (nSPS) is 11.1. The average Bonchev–Trinajstić information content (AvgIpc) is 3.50. The number of amides is 2. The van der Waals surface area contributed by atoms with Crippen molar-refractivity contribution >= 4 is 35.1 Å². The van der Waals surface area contributed by atoms with Crippen LogP contribution in [0.4, 0.5) is 29.5 Å². The molecule has 0 aliphatic heterocycles. The number of rotatable bonds is 5.